The van der Waals surface area contributed by atoms with Crippen LogP contribution in [0.3, 0.4) is 0 Å². The monoisotopic (exact) mass is 791 g/mol. The van der Waals surface area contributed by atoms with Crippen molar-refractivity contribution < 1.29 is 4.42 Å². The average molecular weight is 792 g/mol. The molecule has 0 N–H and O–H groups in total. The molecule has 0 bridgehead atoms. The molecule has 4 nitrogen and oxygen atoms in total. The minimum atomic E-state index is -0.352. The van der Waals surface area contributed by atoms with Crippen molar-refractivity contribution in [2.24, 2.45) is 0 Å². The van der Waals surface area contributed by atoms with Gasteiger partial charge in [-0.05, 0) is 116 Å². The van der Waals surface area contributed by atoms with Crippen molar-refractivity contribution in [3.8, 4) is 56.2 Å². The van der Waals surface area contributed by atoms with Gasteiger partial charge in [0.2, 0.25) is 0 Å². The summed E-state index contributed by atoms with van der Waals surface area (Å²) in [7, 11) is 0. The Morgan fingerprint density at radius 1 is 0.387 bits per heavy atom. The van der Waals surface area contributed by atoms with Gasteiger partial charge in [0.1, 0.15) is 11.2 Å². The SMILES string of the molecule is C1=C(c2ccc3c(c2)-c2ccccc2C32c3ccccc3-c3ccccc32)C=C(c2nc(-c3ccccc3)nc(-c3ccc(-c4ccc5c(c4)oc4ccccc45)cc3)n2)CC1. The third kappa shape index (κ3) is 5.17. The topological polar surface area (TPSA) is 51.8 Å². The molecule has 0 atom stereocenters. The van der Waals surface area contributed by atoms with Crippen molar-refractivity contribution in [2.75, 3.05) is 0 Å². The van der Waals surface area contributed by atoms with E-state index in [9.17, 15) is 0 Å². The Morgan fingerprint density at radius 3 is 1.65 bits per heavy atom. The molecule has 0 unspecified atom stereocenters. The molecule has 0 fully saturated rings. The molecule has 4 heteroatoms. The highest BCUT2D eigenvalue weighted by atomic mass is 16.3. The Morgan fingerprint density at radius 2 is 0.919 bits per heavy atom. The second-order valence-electron chi connectivity index (χ2n) is 16.6. The Labute approximate surface area is 359 Å². The fourth-order valence-corrected chi connectivity index (χ4v) is 10.4. The van der Waals surface area contributed by atoms with Gasteiger partial charge in [0.15, 0.2) is 17.5 Å². The fraction of sp³-hybridized carbons (Fsp3) is 0.0517. The van der Waals surface area contributed by atoms with Crippen LogP contribution in [0.2, 0.25) is 0 Å². The first-order chi connectivity index (χ1) is 30.7. The van der Waals surface area contributed by atoms with E-state index in [-0.39, 0.29) is 5.41 Å². The van der Waals surface area contributed by atoms with E-state index in [4.69, 9.17) is 19.4 Å². The zero-order valence-electron chi connectivity index (χ0n) is 33.7. The lowest BCUT2D eigenvalue weighted by atomic mass is 9.70. The predicted octanol–water partition coefficient (Wildman–Crippen LogP) is 14.4. The second-order valence-corrected chi connectivity index (χ2v) is 16.6. The number of para-hydroxylation sites is 1. The highest BCUT2D eigenvalue weighted by Crippen LogP contribution is 2.62. The van der Waals surface area contributed by atoms with Crippen LogP contribution in [0.25, 0.3) is 89.2 Å². The largest absolute Gasteiger partial charge is 0.456 e. The van der Waals surface area contributed by atoms with E-state index >= 15 is 0 Å². The van der Waals surface area contributed by atoms with E-state index < -0.39 is 0 Å². The number of fused-ring (bicyclic) bond motifs is 13. The van der Waals surface area contributed by atoms with Crippen LogP contribution in [0.15, 0.2) is 205 Å². The molecule has 2 aromatic heterocycles. The summed E-state index contributed by atoms with van der Waals surface area (Å²) in [6.45, 7) is 0. The lowest BCUT2D eigenvalue weighted by molar-refractivity contribution is 0.669. The van der Waals surface area contributed by atoms with Gasteiger partial charge < -0.3 is 4.42 Å². The van der Waals surface area contributed by atoms with Crippen molar-refractivity contribution in [1.82, 2.24) is 15.0 Å². The maximum atomic E-state index is 6.21. The molecule has 62 heavy (non-hydrogen) atoms. The van der Waals surface area contributed by atoms with Crippen LogP contribution in [-0.2, 0) is 5.41 Å². The van der Waals surface area contributed by atoms with Crippen molar-refractivity contribution in [1.29, 1.82) is 0 Å². The lowest BCUT2D eigenvalue weighted by Crippen LogP contribution is -2.25. The van der Waals surface area contributed by atoms with E-state index in [0.717, 1.165) is 62.6 Å². The van der Waals surface area contributed by atoms with E-state index in [1.165, 1.54) is 55.6 Å². The summed E-state index contributed by atoms with van der Waals surface area (Å²) >= 11 is 0. The zero-order valence-corrected chi connectivity index (χ0v) is 33.7. The first-order valence-corrected chi connectivity index (χ1v) is 21.4. The van der Waals surface area contributed by atoms with Gasteiger partial charge in [-0.1, -0.05) is 170 Å². The average Bonchev–Trinajstić information content (AvgIpc) is 3.98. The highest BCUT2D eigenvalue weighted by molar-refractivity contribution is 6.06. The number of furan rings is 1. The highest BCUT2D eigenvalue weighted by Gasteiger charge is 2.51. The maximum absolute atomic E-state index is 6.21. The molecule has 0 radical (unpaired) electrons. The van der Waals surface area contributed by atoms with Gasteiger partial charge in [-0.25, -0.2) is 15.0 Å². The molecular formula is C58H37N3O. The molecule has 2 heterocycles. The number of benzene rings is 8. The molecular weight excluding hydrogens is 755 g/mol. The third-order valence-corrected chi connectivity index (χ3v) is 13.2. The first kappa shape index (κ1) is 34.9. The van der Waals surface area contributed by atoms with E-state index in [2.05, 4.69) is 170 Å². The Bertz CT molecular complexity index is 3470. The minimum absolute atomic E-state index is 0.352. The minimum Gasteiger partial charge on any atom is -0.456 e. The summed E-state index contributed by atoms with van der Waals surface area (Å²) in [5.41, 5.74) is 19.7. The molecule has 3 aliphatic carbocycles. The summed E-state index contributed by atoms with van der Waals surface area (Å²) in [4.78, 5) is 15.4. The molecule has 290 valence electrons. The van der Waals surface area contributed by atoms with Gasteiger partial charge in [-0.2, -0.15) is 0 Å². The molecule has 3 aliphatic rings. The molecule has 8 aromatic carbocycles. The molecule has 13 rings (SSSR count). The smallest absolute Gasteiger partial charge is 0.164 e. The molecule has 0 saturated carbocycles. The molecule has 0 amide bonds. The lowest BCUT2D eigenvalue weighted by Gasteiger charge is -2.30. The first-order valence-electron chi connectivity index (χ1n) is 21.4. The fourth-order valence-electron chi connectivity index (χ4n) is 10.4. The van der Waals surface area contributed by atoms with Crippen LogP contribution in [0.1, 0.15) is 46.5 Å². The van der Waals surface area contributed by atoms with Crippen LogP contribution in [0.4, 0.5) is 0 Å². The quantitative estimate of drug-likeness (QED) is 0.174. The van der Waals surface area contributed by atoms with Crippen molar-refractivity contribution in [3.63, 3.8) is 0 Å². The van der Waals surface area contributed by atoms with Gasteiger partial charge in [-0.15, -0.1) is 0 Å². The van der Waals surface area contributed by atoms with Crippen molar-refractivity contribution in [2.45, 2.75) is 18.3 Å². The second kappa shape index (κ2) is 13.5. The van der Waals surface area contributed by atoms with E-state index in [0.29, 0.717) is 17.5 Å². The Kier molecular flexibility index (Phi) is 7.61. The summed E-state index contributed by atoms with van der Waals surface area (Å²) in [6, 6.07) is 67.5. The number of hydrogen-bond acceptors (Lipinski definition) is 4. The van der Waals surface area contributed by atoms with Crippen molar-refractivity contribution in [3.05, 3.63) is 234 Å². The zero-order chi connectivity index (χ0) is 40.8. The molecule has 10 aromatic rings. The van der Waals surface area contributed by atoms with Gasteiger partial charge in [0, 0.05) is 21.9 Å². The number of nitrogens with zero attached hydrogens (tertiary/aromatic N) is 3. The Hall–Kier alpha value is -7.95. The van der Waals surface area contributed by atoms with E-state index in [1.807, 2.05) is 30.3 Å². The summed E-state index contributed by atoms with van der Waals surface area (Å²) in [5, 5.41) is 2.26. The van der Waals surface area contributed by atoms with Crippen LogP contribution < -0.4 is 0 Å². The van der Waals surface area contributed by atoms with Crippen LogP contribution in [0, 0.1) is 0 Å². The summed E-state index contributed by atoms with van der Waals surface area (Å²) in [6.07, 6.45) is 6.40. The third-order valence-electron chi connectivity index (χ3n) is 13.2. The predicted molar refractivity (Wildman–Crippen MR) is 251 cm³/mol. The number of hydrogen-bond donors (Lipinski definition) is 0. The molecule has 0 saturated heterocycles. The summed E-state index contributed by atoms with van der Waals surface area (Å²) < 4.78 is 6.21. The van der Waals surface area contributed by atoms with Crippen LogP contribution in [0.5, 0.6) is 0 Å². The van der Waals surface area contributed by atoms with Gasteiger partial charge in [-0.3, -0.25) is 0 Å². The normalized spacial score (nSPS) is 14.3. The number of aromatic nitrogens is 3. The van der Waals surface area contributed by atoms with Gasteiger partial charge in [0.05, 0.1) is 5.41 Å². The molecule has 0 aliphatic heterocycles. The maximum Gasteiger partial charge on any atom is 0.164 e. The van der Waals surface area contributed by atoms with Crippen molar-refractivity contribution >= 4 is 33.1 Å². The Balaban J connectivity index is 0.884. The van der Waals surface area contributed by atoms with Gasteiger partial charge in [0.25, 0.3) is 0 Å². The van der Waals surface area contributed by atoms with Crippen LogP contribution >= 0.6 is 0 Å². The van der Waals surface area contributed by atoms with E-state index in [1.54, 1.807) is 0 Å². The number of rotatable bonds is 5. The number of allylic oxidation sites excluding steroid dienone is 4. The summed E-state index contributed by atoms with van der Waals surface area (Å²) in [5.74, 6) is 2.03. The standard InChI is InChI=1S/C58H37N3O/c1-2-13-37(14-3-1)55-59-56(38-27-25-36(26-28-38)41-29-31-47-46-20-7-11-24-53(46)62-54(47)35-41)61-57(60-55)42-16-12-15-39(33-42)40-30-32-52-48(34-40)45-19-6-10-23-51(45)58(52)49-21-8-4-17-43(49)44-18-5-9-22-50(44)58/h1-11,13-15,17-35H,12,16H2. The molecule has 1 spiro atoms. The van der Waals surface area contributed by atoms with Crippen LogP contribution in [-0.4, -0.2) is 15.0 Å². The van der Waals surface area contributed by atoms with Gasteiger partial charge >= 0.3 is 0 Å².